The first kappa shape index (κ1) is 14.8. The largest absolute Gasteiger partial charge is 0.484 e. The van der Waals surface area contributed by atoms with E-state index in [1.165, 1.54) is 37.2 Å². The Balaban J connectivity index is 1.61. The van der Waals surface area contributed by atoms with Crippen molar-refractivity contribution in [3.05, 3.63) is 53.9 Å². The molecule has 2 aromatic rings. The second-order valence-electron chi connectivity index (χ2n) is 7.17. The molecule has 0 bridgehead atoms. The highest BCUT2D eigenvalue weighted by Gasteiger charge is 2.33. The molecule has 2 aliphatic heterocycles. The summed E-state index contributed by atoms with van der Waals surface area (Å²) in [5.41, 5.74) is 2.62. The van der Waals surface area contributed by atoms with Crippen LogP contribution in [0.5, 0.6) is 5.75 Å². The van der Waals surface area contributed by atoms with E-state index in [9.17, 15) is 0 Å². The summed E-state index contributed by atoms with van der Waals surface area (Å²) in [6, 6.07) is 13.5. The summed E-state index contributed by atoms with van der Waals surface area (Å²) >= 11 is 0. The molecule has 0 aliphatic carbocycles. The van der Waals surface area contributed by atoms with E-state index in [2.05, 4.69) is 65.9 Å². The van der Waals surface area contributed by atoms with Gasteiger partial charge in [-0.15, -0.1) is 0 Å². The van der Waals surface area contributed by atoms with Gasteiger partial charge in [0.15, 0.2) is 0 Å². The number of nitrogens with zero attached hydrogens (tertiary/aromatic N) is 2. The third-order valence-corrected chi connectivity index (χ3v) is 5.46. The van der Waals surface area contributed by atoms with Crippen LogP contribution in [-0.4, -0.2) is 28.6 Å². The molecule has 3 nitrogen and oxygen atoms in total. The van der Waals surface area contributed by atoms with Gasteiger partial charge in [0.2, 0.25) is 0 Å². The Morgan fingerprint density at radius 3 is 2.61 bits per heavy atom. The highest BCUT2D eigenvalue weighted by Crippen LogP contribution is 2.39. The number of benzene rings is 1. The second-order valence-corrected chi connectivity index (χ2v) is 7.17. The maximum atomic E-state index is 6.54. The normalized spacial score (nSPS) is 22.3. The number of fused-ring (bicyclic) bond motifs is 2. The average molecular weight is 310 g/mol. The minimum absolute atomic E-state index is 0.183. The average Bonchev–Trinajstić information content (AvgIpc) is 2.96. The van der Waals surface area contributed by atoms with Crippen molar-refractivity contribution >= 4 is 0 Å². The van der Waals surface area contributed by atoms with Crippen LogP contribution in [0.15, 0.2) is 42.6 Å². The van der Waals surface area contributed by atoms with Gasteiger partial charge in [0.05, 0.1) is 12.2 Å². The SMILES string of the molecule is CC(C)N1CCC(C2Oc3ccccc3Cn3cccc32)CC1. The van der Waals surface area contributed by atoms with Crippen LogP contribution in [0.3, 0.4) is 0 Å². The van der Waals surface area contributed by atoms with Crippen LogP contribution in [0, 0.1) is 5.92 Å². The summed E-state index contributed by atoms with van der Waals surface area (Å²) in [7, 11) is 0. The molecule has 0 saturated carbocycles. The Kier molecular flexibility index (Phi) is 3.90. The maximum absolute atomic E-state index is 6.54. The second kappa shape index (κ2) is 6.04. The van der Waals surface area contributed by atoms with Gasteiger partial charge in [-0.2, -0.15) is 0 Å². The first-order chi connectivity index (χ1) is 11.2. The van der Waals surface area contributed by atoms with Crippen molar-refractivity contribution in [2.24, 2.45) is 5.92 Å². The highest BCUT2D eigenvalue weighted by atomic mass is 16.5. The molecule has 1 fully saturated rings. The van der Waals surface area contributed by atoms with Crippen molar-refractivity contribution in [3.63, 3.8) is 0 Å². The van der Waals surface area contributed by atoms with Gasteiger partial charge in [-0.3, -0.25) is 0 Å². The fourth-order valence-electron chi connectivity index (χ4n) is 4.04. The molecule has 0 radical (unpaired) electrons. The van der Waals surface area contributed by atoms with E-state index in [4.69, 9.17) is 4.74 Å². The van der Waals surface area contributed by atoms with Crippen molar-refractivity contribution < 1.29 is 4.74 Å². The lowest BCUT2D eigenvalue weighted by atomic mass is 9.89. The van der Waals surface area contributed by atoms with E-state index in [0.717, 1.165) is 12.3 Å². The molecule has 1 unspecified atom stereocenters. The molecule has 122 valence electrons. The van der Waals surface area contributed by atoms with Crippen LogP contribution in [0.2, 0.25) is 0 Å². The number of aromatic nitrogens is 1. The van der Waals surface area contributed by atoms with Crippen molar-refractivity contribution in [1.29, 1.82) is 0 Å². The fraction of sp³-hybridized carbons (Fsp3) is 0.500. The third-order valence-electron chi connectivity index (χ3n) is 5.46. The quantitative estimate of drug-likeness (QED) is 0.831. The standard InChI is InChI=1S/C20H26N2O/c1-15(2)21-12-9-16(10-13-21)20-18-7-5-11-22(18)14-17-6-3-4-8-19(17)23-20/h3-8,11,15-16,20H,9-10,12-14H2,1-2H3. The molecule has 1 aromatic heterocycles. The summed E-state index contributed by atoms with van der Waals surface area (Å²) in [5.74, 6) is 1.66. The maximum Gasteiger partial charge on any atom is 0.141 e. The smallest absolute Gasteiger partial charge is 0.141 e. The monoisotopic (exact) mass is 310 g/mol. The lowest BCUT2D eigenvalue weighted by molar-refractivity contribution is 0.0634. The summed E-state index contributed by atoms with van der Waals surface area (Å²) < 4.78 is 8.90. The molecule has 2 aliphatic rings. The fourth-order valence-corrected chi connectivity index (χ4v) is 4.04. The van der Waals surface area contributed by atoms with E-state index >= 15 is 0 Å². The molecule has 0 N–H and O–H groups in total. The molecule has 3 heterocycles. The highest BCUT2D eigenvalue weighted by molar-refractivity contribution is 5.36. The minimum atomic E-state index is 0.183. The Morgan fingerprint density at radius 1 is 1.04 bits per heavy atom. The number of piperidine rings is 1. The molecule has 1 atom stereocenters. The van der Waals surface area contributed by atoms with E-state index in [0.29, 0.717) is 12.0 Å². The number of para-hydroxylation sites is 1. The van der Waals surface area contributed by atoms with Crippen molar-refractivity contribution in [1.82, 2.24) is 9.47 Å². The van der Waals surface area contributed by atoms with E-state index in [1.807, 2.05) is 0 Å². The van der Waals surface area contributed by atoms with Crippen molar-refractivity contribution in [2.45, 2.75) is 45.4 Å². The van der Waals surface area contributed by atoms with Gasteiger partial charge in [-0.25, -0.2) is 0 Å². The Labute approximate surface area is 138 Å². The molecule has 23 heavy (non-hydrogen) atoms. The van der Waals surface area contributed by atoms with E-state index in [-0.39, 0.29) is 6.10 Å². The zero-order valence-corrected chi connectivity index (χ0v) is 14.1. The topological polar surface area (TPSA) is 17.4 Å². The molecular weight excluding hydrogens is 284 g/mol. The molecule has 0 spiro atoms. The number of ether oxygens (including phenoxy) is 1. The zero-order chi connectivity index (χ0) is 15.8. The summed E-state index contributed by atoms with van der Waals surface area (Å²) in [5, 5.41) is 0. The van der Waals surface area contributed by atoms with Crippen LogP contribution in [-0.2, 0) is 6.54 Å². The number of likely N-dealkylation sites (tertiary alicyclic amines) is 1. The van der Waals surface area contributed by atoms with E-state index < -0.39 is 0 Å². The molecule has 1 aromatic carbocycles. The lowest BCUT2D eigenvalue weighted by Crippen LogP contribution is -2.40. The molecular formula is C20H26N2O. The van der Waals surface area contributed by atoms with E-state index in [1.54, 1.807) is 0 Å². The van der Waals surface area contributed by atoms with Crippen molar-refractivity contribution in [2.75, 3.05) is 13.1 Å². The summed E-state index contributed by atoms with van der Waals surface area (Å²) in [6.07, 6.45) is 4.81. The zero-order valence-electron chi connectivity index (χ0n) is 14.1. The van der Waals surface area contributed by atoms with Crippen molar-refractivity contribution in [3.8, 4) is 5.75 Å². The summed E-state index contributed by atoms with van der Waals surface area (Å²) in [4.78, 5) is 2.58. The molecule has 4 rings (SSSR count). The van der Waals surface area contributed by atoms with Crippen LogP contribution in [0.4, 0.5) is 0 Å². The van der Waals surface area contributed by atoms with Crippen LogP contribution in [0.25, 0.3) is 0 Å². The van der Waals surface area contributed by atoms with Gasteiger partial charge in [0, 0.05) is 23.7 Å². The van der Waals surface area contributed by atoms with Gasteiger partial charge >= 0.3 is 0 Å². The number of hydrogen-bond donors (Lipinski definition) is 0. The van der Waals surface area contributed by atoms with Crippen LogP contribution in [0.1, 0.15) is 44.1 Å². The summed E-state index contributed by atoms with van der Waals surface area (Å²) in [6.45, 7) is 7.88. The Bertz CT molecular complexity index is 668. The number of hydrogen-bond acceptors (Lipinski definition) is 2. The number of rotatable bonds is 2. The predicted molar refractivity (Wildman–Crippen MR) is 92.8 cm³/mol. The first-order valence-electron chi connectivity index (χ1n) is 8.86. The minimum Gasteiger partial charge on any atom is -0.484 e. The molecule has 0 amide bonds. The van der Waals surface area contributed by atoms with Gasteiger partial charge in [-0.1, -0.05) is 18.2 Å². The molecule has 1 saturated heterocycles. The van der Waals surface area contributed by atoms with Crippen LogP contribution < -0.4 is 4.74 Å². The lowest BCUT2D eigenvalue weighted by Gasteiger charge is -2.37. The predicted octanol–water partition coefficient (Wildman–Crippen LogP) is 4.09. The van der Waals surface area contributed by atoms with Gasteiger partial charge < -0.3 is 14.2 Å². The Hall–Kier alpha value is -1.74. The first-order valence-corrected chi connectivity index (χ1v) is 8.86. The van der Waals surface area contributed by atoms with Gasteiger partial charge in [0.1, 0.15) is 11.9 Å². The third kappa shape index (κ3) is 2.78. The van der Waals surface area contributed by atoms with Gasteiger partial charge in [0.25, 0.3) is 0 Å². The molecule has 3 heteroatoms. The van der Waals surface area contributed by atoms with Gasteiger partial charge in [-0.05, 0) is 58.0 Å². The Morgan fingerprint density at radius 2 is 1.83 bits per heavy atom. The van der Waals surface area contributed by atoms with Crippen LogP contribution >= 0.6 is 0 Å².